The zero-order valence-corrected chi connectivity index (χ0v) is 16.0. The SMILES string of the molecule is CS(=O)(=O)NC(CCC(=O)O)C(=O)NCCCCc1ccc(C(=N)N)cc1. The molecule has 0 aliphatic heterocycles. The molecule has 0 aromatic heterocycles. The van der Waals surface area contributed by atoms with Gasteiger partial charge in [0.05, 0.1) is 6.26 Å². The second-order valence-corrected chi connectivity index (χ2v) is 8.01. The number of nitrogens with two attached hydrogens (primary N) is 1. The molecule has 1 atom stereocenters. The molecule has 1 aromatic rings. The number of aliphatic carboxylic acids is 1. The second-order valence-electron chi connectivity index (χ2n) is 6.23. The number of sulfonamides is 1. The highest BCUT2D eigenvalue weighted by Crippen LogP contribution is 2.07. The van der Waals surface area contributed by atoms with E-state index in [0.717, 1.165) is 24.7 Å². The molecule has 9 nitrogen and oxygen atoms in total. The lowest BCUT2D eigenvalue weighted by molar-refractivity contribution is -0.137. The Morgan fingerprint density at radius 1 is 1.22 bits per heavy atom. The van der Waals surface area contributed by atoms with Gasteiger partial charge in [0.25, 0.3) is 0 Å². The Kier molecular flexibility index (Phi) is 8.89. The summed E-state index contributed by atoms with van der Waals surface area (Å²) in [7, 11) is -3.63. The van der Waals surface area contributed by atoms with Gasteiger partial charge >= 0.3 is 5.97 Å². The quantitative estimate of drug-likeness (QED) is 0.192. The number of benzene rings is 1. The molecule has 0 saturated carbocycles. The van der Waals surface area contributed by atoms with Gasteiger partial charge in [-0.25, -0.2) is 13.1 Å². The van der Waals surface area contributed by atoms with E-state index in [0.29, 0.717) is 18.5 Å². The largest absolute Gasteiger partial charge is 0.481 e. The summed E-state index contributed by atoms with van der Waals surface area (Å²) in [5, 5.41) is 18.7. The molecule has 6 N–H and O–H groups in total. The molecule has 1 aromatic carbocycles. The van der Waals surface area contributed by atoms with E-state index in [1.165, 1.54) is 0 Å². The first-order valence-electron chi connectivity index (χ1n) is 8.48. The van der Waals surface area contributed by atoms with E-state index in [1.54, 1.807) is 12.1 Å². The fourth-order valence-electron chi connectivity index (χ4n) is 2.41. The van der Waals surface area contributed by atoms with Crippen LogP contribution in [0.2, 0.25) is 0 Å². The molecule has 0 aliphatic carbocycles. The topological polar surface area (TPSA) is 162 Å². The number of hydrogen-bond acceptors (Lipinski definition) is 5. The molecule has 1 amide bonds. The van der Waals surface area contributed by atoms with Crippen molar-refractivity contribution in [2.75, 3.05) is 12.8 Å². The first kappa shape index (κ1) is 22.6. The molecule has 27 heavy (non-hydrogen) atoms. The van der Waals surface area contributed by atoms with Crippen LogP contribution in [-0.2, 0) is 26.0 Å². The van der Waals surface area contributed by atoms with Gasteiger partial charge < -0.3 is 16.2 Å². The predicted molar refractivity (Wildman–Crippen MR) is 102 cm³/mol. The molecule has 1 rings (SSSR count). The van der Waals surface area contributed by atoms with Crippen LogP contribution in [-0.4, -0.2) is 50.1 Å². The molecule has 0 aliphatic rings. The van der Waals surface area contributed by atoms with E-state index in [9.17, 15) is 18.0 Å². The number of nitrogens with one attached hydrogen (secondary N) is 3. The van der Waals surface area contributed by atoms with Crippen LogP contribution in [0, 0.1) is 5.41 Å². The number of carboxylic acids is 1. The number of amides is 1. The summed E-state index contributed by atoms with van der Waals surface area (Å²) in [6.07, 6.45) is 2.78. The maximum absolute atomic E-state index is 12.1. The van der Waals surface area contributed by atoms with Crippen LogP contribution in [0.3, 0.4) is 0 Å². The Morgan fingerprint density at radius 3 is 2.37 bits per heavy atom. The summed E-state index contributed by atoms with van der Waals surface area (Å²) in [6, 6.07) is 6.25. The molecule has 1 unspecified atom stereocenters. The minimum absolute atomic E-state index is 0.0180. The van der Waals surface area contributed by atoms with Gasteiger partial charge in [-0.3, -0.25) is 15.0 Å². The first-order chi connectivity index (χ1) is 12.6. The van der Waals surface area contributed by atoms with Crippen LogP contribution in [0.5, 0.6) is 0 Å². The fourth-order valence-corrected chi connectivity index (χ4v) is 3.15. The third-order valence-corrected chi connectivity index (χ3v) is 4.49. The van der Waals surface area contributed by atoms with Gasteiger partial charge in [0.2, 0.25) is 15.9 Å². The lowest BCUT2D eigenvalue weighted by atomic mass is 10.1. The zero-order valence-electron chi connectivity index (χ0n) is 15.2. The van der Waals surface area contributed by atoms with E-state index >= 15 is 0 Å². The number of aryl methyl sites for hydroxylation is 1. The van der Waals surface area contributed by atoms with E-state index in [2.05, 4.69) is 10.0 Å². The van der Waals surface area contributed by atoms with Crippen molar-refractivity contribution < 1.29 is 23.1 Å². The summed E-state index contributed by atoms with van der Waals surface area (Å²) < 4.78 is 24.8. The number of amidine groups is 1. The van der Waals surface area contributed by atoms with Crippen molar-refractivity contribution in [3.05, 3.63) is 35.4 Å². The van der Waals surface area contributed by atoms with E-state index in [-0.39, 0.29) is 18.7 Å². The molecule has 0 heterocycles. The van der Waals surface area contributed by atoms with E-state index < -0.39 is 27.9 Å². The number of rotatable bonds is 12. The third-order valence-electron chi connectivity index (χ3n) is 3.78. The van der Waals surface area contributed by atoms with Crippen molar-refractivity contribution in [1.82, 2.24) is 10.0 Å². The van der Waals surface area contributed by atoms with Crippen molar-refractivity contribution in [3.8, 4) is 0 Å². The summed E-state index contributed by atoms with van der Waals surface area (Å²) in [5.41, 5.74) is 7.15. The number of nitrogen functional groups attached to an aromatic ring is 1. The predicted octanol–water partition coefficient (Wildman–Crippen LogP) is 0.192. The fraction of sp³-hybridized carbons (Fsp3) is 0.471. The first-order valence-corrected chi connectivity index (χ1v) is 10.4. The number of carbonyl (C=O) groups is 2. The summed E-state index contributed by atoms with van der Waals surface area (Å²) in [4.78, 5) is 22.8. The van der Waals surface area contributed by atoms with Crippen LogP contribution >= 0.6 is 0 Å². The molecule has 10 heteroatoms. The van der Waals surface area contributed by atoms with Crippen molar-refractivity contribution in [3.63, 3.8) is 0 Å². The van der Waals surface area contributed by atoms with E-state index in [1.807, 2.05) is 12.1 Å². The van der Waals surface area contributed by atoms with Crippen LogP contribution in [0.15, 0.2) is 24.3 Å². The van der Waals surface area contributed by atoms with Gasteiger partial charge in [0.15, 0.2) is 0 Å². The maximum atomic E-state index is 12.1. The molecule has 150 valence electrons. The van der Waals surface area contributed by atoms with Crippen LogP contribution < -0.4 is 15.8 Å². The summed E-state index contributed by atoms with van der Waals surface area (Å²) >= 11 is 0. The van der Waals surface area contributed by atoms with Crippen molar-refractivity contribution in [2.24, 2.45) is 5.73 Å². The van der Waals surface area contributed by atoms with Gasteiger partial charge in [0, 0.05) is 18.5 Å². The Bertz CT molecular complexity index is 762. The molecule has 0 spiro atoms. The smallest absolute Gasteiger partial charge is 0.303 e. The molecular weight excluding hydrogens is 372 g/mol. The standard InChI is InChI=1S/C17H26N4O5S/c1-27(25,26)21-14(9-10-15(22)23)17(24)20-11-3-2-4-12-5-7-13(8-6-12)16(18)19/h5-8,14,21H,2-4,9-11H2,1H3,(H3,18,19)(H,20,24)(H,22,23). The summed E-state index contributed by atoms with van der Waals surface area (Å²) in [5.74, 6) is -1.62. The van der Waals surface area contributed by atoms with Crippen molar-refractivity contribution in [1.29, 1.82) is 5.41 Å². The van der Waals surface area contributed by atoms with Gasteiger partial charge in [-0.2, -0.15) is 0 Å². The van der Waals surface area contributed by atoms with E-state index in [4.69, 9.17) is 16.2 Å². The minimum atomic E-state index is -3.63. The molecular formula is C17H26N4O5S. The molecule has 0 bridgehead atoms. The van der Waals surface area contributed by atoms with Crippen LogP contribution in [0.1, 0.15) is 36.8 Å². The highest BCUT2D eigenvalue weighted by Gasteiger charge is 2.22. The highest BCUT2D eigenvalue weighted by atomic mass is 32.2. The molecule has 0 fully saturated rings. The molecule has 0 saturated heterocycles. The Morgan fingerprint density at radius 2 is 1.85 bits per heavy atom. The van der Waals surface area contributed by atoms with Crippen molar-refractivity contribution in [2.45, 2.75) is 38.1 Å². The van der Waals surface area contributed by atoms with Gasteiger partial charge in [-0.05, 0) is 31.2 Å². The lowest BCUT2D eigenvalue weighted by Crippen LogP contribution is -2.46. The van der Waals surface area contributed by atoms with Crippen LogP contribution in [0.4, 0.5) is 0 Å². The Hall–Kier alpha value is -2.46. The van der Waals surface area contributed by atoms with Gasteiger partial charge in [-0.1, -0.05) is 24.3 Å². The van der Waals surface area contributed by atoms with Gasteiger partial charge in [-0.15, -0.1) is 0 Å². The number of hydrogen-bond donors (Lipinski definition) is 5. The van der Waals surface area contributed by atoms with Crippen LogP contribution in [0.25, 0.3) is 0 Å². The maximum Gasteiger partial charge on any atom is 0.303 e. The Labute approximate surface area is 158 Å². The monoisotopic (exact) mass is 398 g/mol. The number of carboxylic acid groups (broad SMARTS) is 1. The molecule has 0 radical (unpaired) electrons. The van der Waals surface area contributed by atoms with Crippen molar-refractivity contribution >= 4 is 27.7 Å². The average Bonchev–Trinajstić information content (AvgIpc) is 2.57. The number of unbranched alkanes of at least 4 members (excludes halogenated alkanes) is 1. The second kappa shape index (κ2) is 10.6. The third kappa shape index (κ3) is 9.71. The lowest BCUT2D eigenvalue weighted by Gasteiger charge is -2.16. The summed E-state index contributed by atoms with van der Waals surface area (Å²) in [6.45, 7) is 0.360. The highest BCUT2D eigenvalue weighted by molar-refractivity contribution is 7.88. The normalized spacial score (nSPS) is 12.3. The average molecular weight is 398 g/mol. The number of carbonyl (C=O) groups excluding carboxylic acids is 1. The minimum Gasteiger partial charge on any atom is -0.481 e. The van der Waals surface area contributed by atoms with Gasteiger partial charge in [0.1, 0.15) is 11.9 Å². The zero-order chi connectivity index (χ0) is 20.4. The Balaban J connectivity index is 2.39.